The predicted molar refractivity (Wildman–Crippen MR) is 87.5 cm³/mol. The number of amides is 3. The molecule has 0 aliphatic carbocycles. The summed E-state index contributed by atoms with van der Waals surface area (Å²) in [4.78, 5) is 26.2. The van der Waals surface area contributed by atoms with E-state index in [0.29, 0.717) is 6.54 Å². The maximum Gasteiger partial charge on any atom is 0.325 e. The number of carbonyl (C=O) groups excluding carboxylic acids is 2. The minimum Gasteiger partial charge on any atom is -0.319 e. The van der Waals surface area contributed by atoms with Crippen molar-refractivity contribution < 1.29 is 9.59 Å². The predicted octanol–water partition coefficient (Wildman–Crippen LogP) is 3.73. The van der Waals surface area contributed by atoms with E-state index < -0.39 is 5.54 Å². The Morgan fingerprint density at radius 3 is 2.32 bits per heavy atom. The normalized spacial score (nSPS) is 21.3. The molecule has 4 heteroatoms. The minimum absolute atomic E-state index is 0.142. The summed E-state index contributed by atoms with van der Waals surface area (Å²) in [7, 11) is 0. The fourth-order valence-corrected chi connectivity index (χ4v) is 2.86. The van der Waals surface area contributed by atoms with Crippen LogP contribution in [0.2, 0.25) is 0 Å². The molecule has 1 aromatic rings. The van der Waals surface area contributed by atoms with Crippen LogP contribution in [-0.4, -0.2) is 23.4 Å². The smallest absolute Gasteiger partial charge is 0.319 e. The molecule has 4 nitrogen and oxygen atoms in total. The zero-order valence-corrected chi connectivity index (χ0v) is 13.8. The number of hydrogen-bond donors (Lipinski definition) is 1. The van der Waals surface area contributed by atoms with Crippen LogP contribution in [0.5, 0.6) is 0 Å². The molecule has 1 heterocycles. The molecule has 0 bridgehead atoms. The molecule has 0 spiro atoms. The highest BCUT2D eigenvalue weighted by molar-refractivity contribution is 6.07. The second kappa shape index (κ2) is 6.95. The van der Waals surface area contributed by atoms with E-state index in [2.05, 4.69) is 12.2 Å². The summed E-state index contributed by atoms with van der Waals surface area (Å²) in [5.41, 5.74) is 1.04. The van der Waals surface area contributed by atoms with E-state index in [1.807, 2.05) is 31.2 Å². The highest BCUT2D eigenvalue weighted by Crippen LogP contribution is 2.29. The third-order valence-corrected chi connectivity index (χ3v) is 4.39. The average Bonchev–Trinajstić information content (AvgIpc) is 2.71. The van der Waals surface area contributed by atoms with Crippen LogP contribution in [-0.2, 0) is 10.3 Å². The fraction of sp³-hybridized carbons (Fsp3) is 0.556. The molecule has 1 aliphatic rings. The number of nitrogens with zero attached hydrogens (tertiary/aromatic N) is 1. The Balaban J connectivity index is 2.02. The van der Waals surface area contributed by atoms with Gasteiger partial charge in [0.25, 0.3) is 5.91 Å². The van der Waals surface area contributed by atoms with Gasteiger partial charge in [-0.25, -0.2) is 4.79 Å². The molecule has 120 valence electrons. The standard InChI is InChI=1S/C18H26N2O2/c1-4-5-6-7-8-13-20-16(21)18(3,19-17(20)22)15-11-9-14(2)10-12-15/h9-12H,4-8,13H2,1-3H3,(H,19,22). The van der Waals surface area contributed by atoms with Gasteiger partial charge in [0.15, 0.2) is 0 Å². The first-order valence-corrected chi connectivity index (χ1v) is 8.20. The first-order chi connectivity index (χ1) is 10.5. The number of rotatable bonds is 7. The zero-order chi connectivity index (χ0) is 16.2. The lowest BCUT2D eigenvalue weighted by molar-refractivity contribution is -0.131. The van der Waals surface area contributed by atoms with Crippen LogP contribution in [0.4, 0.5) is 4.79 Å². The summed E-state index contributed by atoms with van der Waals surface area (Å²) < 4.78 is 0. The van der Waals surface area contributed by atoms with Crippen LogP contribution in [0.1, 0.15) is 57.1 Å². The molecule has 1 saturated heterocycles. The van der Waals surface area contributed by atoms with Crippen LogP contribution >= 0.6 is 0 Å². The van der Waals surface area contributed by atoms with Crippen molar-refractivity contribution in [3.05, 3.63) is 35.4 Å². The Morgan fingerprint density at radius 2 is 1.68 bits per heavy atom. The summed E-state index contributed by atoms with van der Waals surface area (Å²) in [6.45, 7) is 6.47. The Hall–Kier alpha value is -1.84. The maximum absolute atomic E-state index is 12.7. The van der Waals surface area contributed by atoms with E-state index in [1.54, 1.807) is 6.92 Å². The van der Waals surface area contributed by atoms with Crippen LogP contribution < -0.4 is 5.32 Å². The quantitative estimate of drug-likeness (QED) is 0.616. The Labute approximate surface area is 132 Å². The zero-order valence-electron chi connectivity index (χ0n) is 13.8. The van der Waals surface area contributed by atoms with Crippen LogP contribution in [0, 0.1) is 6.92 Å². The molecule has 1 aromatic carbocycles. The van der Waals surface area contributed by atoms with Crippen molar-refractivity contribution in [3.63, 3.8) is 0 Å². The number of aryl methyl sites for hydroxylation is 1. The van der Waals surface area contributed by atoms with Crippen LogP contribution in [0.3, 0.4) is 0 Å². The lowest BCUT2D eigenvalue weighted by Gasteiger charge is -2.22. The van der Waals surface area contributed by atoms with Gasteiger partial charge >= 0.3 is 6.03 Å². The molecule has 1 aliphatic heterocycles. The van der Waals surface area contributed by atoms with Gasteiger partial charge in [0.2, 0.25) is 0 Å². The van der Waals surface area contributed by atoms with Gasteiger partial charge in [0, 0.05) is 6.54 Å². The lowest BCUT2D eigenvalue weighted by Crippen LogP contribution is -2.41. The first-order valence-electron chi connectivity index (χ1n) is 8.20. The number of nitrogens with one attached hydrogen (secondary N) is 1. The molecule has 0 radical (unpaired) electrons. The van der Waals surface area contributed by atoms with Gasteiger partial charge in [-0.05, 0) is 25.8 Å². The van der Waals surface area contributed by atoms with Gasteiger partial charge in [-0.2, -0.15) is 0 Å². The van der Waals surface area contributed by atoms with E-state index in [9.17, 15) is 9.59 Å². The average molecular weight is 302 g/mol. The van der Waals surface area contributed by atoms with E-state index >= 15 is 0 Å². The summed E-state index contributed by atoms with van der Waals surface area (Å²) in [6, 6.07) is 7.49. The van der Waals surface area contributed by atoms with E-state index in [-0.39, 0.29) is 11.9 Å². The number of benzene rings is 1. The van der Waals surface area contributed by atoms with Crippen molar-refractivity contribution in [2.75, 3.05) is 6.54 Å². The Kier molecular flexibility index (Phi) is 5.22. The van der Waals surface area contributed by atoms with Gasteiger partial charge in [-0.3, -0.25) is 9.69 Å². The van der Waals surface area contributed by atoms with Crippen molar-refractivity contribution in [2.45, 2.75) is 58.4 Å². The lowest BCUT2D eigenvalue weighted by atomic mass is 9.91. The molecule has 1 unspecified atom stereocenters. The minimum atomic E-state index is -0.936. The molecule has 0 saturated carbocycles. The number of imide groups is 1. The number of unbranched alkanes of at least 4 members (excludes halogenated alkanes) is 4. The number of urea groups is 1. The molecule has 1 N–H and O–H groups in total. The van der Waals surface area contributed by atoms with Crippen molar-refractivity contribution in [3.8, 4) is 0 Å². The second-order valence-electron chi connectivity index (χ2n) is 6.29. The molecule has 1 fully saturated rings. The second-order valence-corrected chi connectivity index (χ2v) is 6.29. The molecule has 3 amide bonds. The summed E-state index contributed by atoms with van der Waals surface area (Å²) in [6.07, 6.45) is 5.50. The highest BCUT2D eigenvalue weighted by atomic mass is 16.2. The van der Waals surface area contributed by atoms with Gasteiger partial charge in [-0.15, -0.1) is 0 Å². The SMILES string of the molecule is CCCCCCCN1C(=O)NC(C)(c2ccc(C)cc2)C1=O. The Bertz CT molecular complexity index is 539. The summed E-state index contributed by atoms with van der Waals surface area (Å²) >= 11 is 0. The highest BCUT2D eigenvalue weighted by Gasteiger charge is 2.48. The number of hydrogen-bond acceptors (Lipinski definition) is 2. The third kappa shape index (κ3) is 3.32. The maximum atomic E-state index is 12.7. The molecule has 22 heavy (non-hydrogen) atoms. The van der Waals surface area contributed by atoms with Crippen molar-refractivity contribution in [2.24, 2.45) is 0 Å². The fourth-order valence-electron chi connectivity index (χ4n) is 2.86. The van der Waals surface area contributed by atoms with Gasteiger partial charge in [0.05, 0.1) is 0 Å². The van der Waals surface area contributed by atoms with Crippen molar-refractivity contribution in [1.82, 2.24) is 10.2 Å². The topological polar surface area (TPSA) is 49.4 Å². The van der Waals surface area contributed by atoms with Gasteiger partial charge < -0.3 is 5.32 Å². The van der Waals surface area contributed by atoms with Crippen molar-refractivity contribution >= 4 is 11.9 Å². The van der Waals surface area contributed by atoms with E-state index in [1.165, 1.54) is 17.7 Å². The molecular weight excluding hydrogens is 276 g/mol. The van der Waals surface area contributed by atoms with Crippen LogP contribution in [0.25, 0.3) is 0 Å². The Morgan fingerprint density at radius 1 is 1.05 bits per heavy atom. The van der Waals surface area contributed by atoms with Gasteiger partial charge in [0.1, 0.15) is 5.54 Å². The van der Waals surface area contributed by atoms with Gasteiger partial charge in [-0.1, -0.05) is 62.4 Å². The molecule has 0 aromatic heterocycles. The van der Waals surface area contributed by atoms with Crippen molar-refractivity contribution in [1.29, 1.82) is 0 Å². The summed E-state index contributed by atoms with van der Waals surface area (Å²) in [5, 5.41) is 2.86. The summed E-state index contributed by atoms with van der Waals surface area (Å²) in [5.74, 6) is -0.142. The first kappa shape index (κ1) is 16.5. The van der Waals surface area contributed by atoms with Crippen LogP contribution in [0.15, 0.2) is 24.3 Å². The monoisotopic (exact) mass is 302 g/mol. The van der Waals surface area contributed by atoms with E-state index in [4.69, 9.17) is 0 Å². The molecule has 2 rings (SSSR count). The molecule has 1 atom stereocenters. The number of carbonyl (C=O) groups is 2. The largest absolute Gasteiger partial charge is 0.325 e. The third-order valence-electron chi connectivity index (χ3n) is 4.39. The van der Waals surface area contributed by atoms with E-state index in [0.717, 1.165) is 30.4 Å². The molecular formula is C18H26N2O2.